The predicted octanol–water partition coefficient (Wildman–Crippen LogP) is 10.6. The Kier molecular flexibility index (Phi) is 9.48. The van der Waals surface area contributed by atoms with Crippen LogP contribution in [-0.4, -0.2) is 39.5 Å². The van der Waals surface area contributed by atoms with Crippen LogP contribution in [0.4, 0.5) is 23.0 Å². The molecule has 2 saturated heterocycles. The number of benzene rings is 3. The summed E-state index contributed by atoms with van der Waals surface area (Å²) < 4.78 is 4.62. The summed E-state index contributed by atoms with van der Waals surface area (Å²) in [6.07, 6.45) is 4.77. The van der Waals surface area contributed by atoms with Gasteiger partial charge in [0.1, 0.15) is 24.0 Å². The molecule has 52 heavy (non-hydrogen) atoms. The molecule has 2 fully saturated rings. The highest BCUT2D eigenvalue weighted by molar-refractivity contribution is 5.72. The van der Waals surface area contributed by atoms with Gasteiger partial charge in [0.05, 0.1) is 24.2 Å². The van der Waals surface area contributed by atoms with Gasteiger partial charge in [-0.3, -0.25) is 0 Å². The molecule has 6 nitrogen and oxygen atoms in total. The summed E-state index contributed by atoms with van der Waals surface area (Å²) in [5.41, 5.74) is 6.38. The van der Waals surface area contributed by atoms with Crippen LogP contribution in [0.5, 0.6) is 0 Å². The molecule has 0 aliphatic carbocycles. The Morgan fingerprint density at radius 3 is 1.65 bits per heavy atom. The molecule has 0 bridgehead atoms. The van der Waals surface area contributed by atoms with Gasteiger partial charge in [0, 0.05) is 48.8 Å². The Balaban J connectivity index is 1.27. The van der Waals surface area contributed by atoms with Gasteiger partial charge >= 0.3 is 0 Å². The van der Waals surface area contributed by atoms with E-state index in [4.69, 9.17) is 0 Å². The average molecular weight is 697 g/mol. The number of para-hydroxylation sites is 1. The summed E-state index contributed by atoms with van der Waals surface area (Å²) in [5.74, 6) is 3.48. The Hall–Kier alpha value is -4.58. The molecular formula is C46H60N6. The van der Waals surface area contributed by atoms with Crippen molar-refractivity contribution in [2.24, 2.45) is 31.3 Å². The van der Waals surface area contributed by atoms with Crippen LogP contribution in [0.1, 0.15) is 74.0 Å². The third kappa shape index (κ3) is 6.08. The van der Waals surface area contributed by atoms with E-state index in [0.717, 1.165) is 0 Å². The summed E-state index contributed by atoms with van der Waals surface area (Å²) in [6, 6.07) is 39.7. The topological polar surface area (TPSA) is 22.8 Å². The number of aryl methyl sites for hydroxylation is 2. The highest BCUT2D eigenvalue weighted by Gasteiger charge is 2.51. The van der Waals surface area contributed by atoms with Gasteiger partial charge in [0.15, 0.2) is 0 Å². The first kappa shape index (κ1) is 35.8. The zero-order chi connectivity index (χ0) is 37.1. The predicted molar refractivity (Wildman–Crippen MR) is 221 cm³/mol. The molecule has 3 aromatic carbocycles. The Morgan fingerprint density at radius 1 is 0.538 bits per heavy atom. The molecule has 0 N–H and O–H groups in total. The van der Waals surface area contributed by atoms with Crippen LogP contribution >= 0.6 is 0 Å². The molecule has 6 atom stereocenters. The second kappa shape index (κ2) is 13.8. The number of nitrogens with zero attached hydrogens (tertiary/aromatic N) is 6. The zero-order valence-electron chi connectivity index (χ0n) is 33.3. The normalized spacial score (nSPS) is 23.9. The highest BCUT2D eigenvalue weighted by Crippen LogP contribution is 2.48. The maximum atomic E-state index is 2.73. The first-order chi connectivity index (χ1) is 24.8. The Morgan fingerprint density at radius 2 is 1.10 bits per heavy atom. The van der Waals surface area contributed by atoms with Crippen LogP contribution in [0.15, 0.2) is 116 Å². The van der Waals surface area contributed by atoms with Crippen molar-refractivity contribution in [3.63, 3.8) is 0 Å². The van der Waals surface area contributed by atoms with Crippen molar-refractivity contribution in [3.05, 3.63) is 121 Å². The lowest BCUT2D eigenvalue weighted by Crippen LogP contribution is -2.50. The van der Waals surface area contributed by atoms with Gasteiger partial charge in [-0.25, -0.2) is 0 Å². The van der Waals surface area contributed by atoms with Crippen LogP contribution in [0, 0.1) is 17.3 Å². The molecule has 2 aliphatic rings. The molecule has 274 valence electrons. The van der Waals surface area contributed by atoms with Gasteiger partial charge in [-0.2, -0.15) is 0 Å². The smallest absolute Gasteiger partial charge is 0.130 e. The largest absolute Gasteiger partial charge is 0.345 e. The van der Waals surface area contributed by atoms with Gasteiger partial charge in [0.25, 0.3) is 0 Å². The fourth-order valence-electron chi connectivity index (χ4n) is 9.78. The Bertz CT molecular complexity index is 1930. The standard InChI is InChI=1S/C46H60N6/c1-31(2)42-33(5)49(44(36-19-14-12-15-20-36)51(42)38-21-16-13-17-22-38)41-29-37(30-48(41)11)35-24-26-39(27-25-35)52-43(32(3)4)34(6)50(45(52)46(7,8)9)40-23-18-28-47(40)10/h12-34,42-45H,1-11H3/t33-,34-,42?,43?,44?,45?/m0/s1. The molecule has 0 amide bonds. The first-order valence-corrected chi connectivity index (χ1v) is 19.4. The minimum absolute atomic E-state index is 0.0262. The maximum absolute atomic E-state index is 2.73. The van der Waals surface area contributed by atoms with E-state index in [-0.39, 0.29) is 17.7 Å². The molecule has 6 heteroatoms. The third-order valence-electron chi connectivity index (χ3n) is 11.8. The van der Waals surface area contributed by atoms with Crippen molar-refractivity contribution in [1.29, 1.82) is 0 Å². The van der Waals surface area contributed by atoms with Gasteiger partial charge in [0.2, 0.25) is 0 Å². The molecule has 4 unspecified atom stereocenters. The van der Waals surface area contributed by atoms with Crippen molar-refractivity contribution in [2.75, 3.05) is 19.6 Å². The van der Waals surface area contributed by atoms with Crippen molar-refractivity contribution < 1.29 is 0 Å². The van der Waals surface area contributed by atoms with Crippen LogP contribution < -0.4 is 19.6 Å². The van der Waals surface area contributed by atoms with E-state index in [9.17, 15) is 0 Å². The molecule has 0 saturated carbocycles. The van der Waals surface area contributed by atoms with E-state index in [1.807, 2.05) is 0 Å². The van der Waals surface area contributed by atoms with Crippen LogP contribution in [0.2, 0.25) is 0 Å². The fraction of sp³-hybridized carbons (Fsp3) is 0.435. The molecule has 7 rings (SSSR count). The first-order valence-electron chi connectivity index (χ1n) is 19.4. The lowest BCUT2D eigenvalue weighted by atomic mass is 9.90. The van der Waals surface area contributed by atoms with Crippen molar-refractivity contribution in [3.8, 4) is 11.1 Å². The molecular weight excluding hydrogens is 637 g/mol. The van der Waals surface area contributed by atoms with Gasteiger partial charge in [-0.1, -0.05) is 109 Å². The second-order valence-corrected chi connectivity index (χ2v) is 17.2. The number of anilines is 4. The third-order valence-corrected chi connectivity index (χ3v) is 11.8. The number of hydrogen-bond donors (Lipinski definition) is 0. The zero-order valence-corrected chi connectivity index (χ0v) is 33.3. The molecule has 0 radical (unpaired) electrons. The van der Waals surface area contributed by atoms with E-state index in [1.165, 1.54) is 39.7 Å². The minimum atomic E-state index is 0.0262. The van der Waals surface area contributed by atoms with Crippen molar-refractivity contribution in [1.82, 2.24) is 9.13 Å². The van der Waals surface area contributed by atoms with E-state index in [1.54, 1.807) is 0 Å². The summed E-state index contributed by atoms with van der Waals surface area (Å²) in [4.78, 5) is 10.7. The molecule has 5 aromatic rings. The molecule has 4 heterocycles. The Labute approximate surface area is 313 Å². The minimum Gasteiger partial charge on any atom is -0.345 e. The second-order valence-electron chi connectivity index (χ2n) is 17.2. The quantitative estimate of drug-likeness (QED) is 0.161. The molecule has 0 spiro atoms. The average Bonchev–Trinajstić information content (AvgIpc) is 3.86. The molecule has 2 aromatic heterocycles. The lowest BCUT2D eigenvalue weighted by Gasteiger charge is -2.43. The van der Waals surface area contributed by atoms with E-state index in [2.05, 4.69) is 221 Å². The number of rotatable bonds is 8. The summed E-state index contributed by atoms with van der Waals surface area (Å²) >= 11 is 0. The number of hydrogen-bond acceptors (Lipinski definition) is 4. The monoisotopic (exact) mass is 696 g/mol. The van der Waals surface area contributed by atoms with E-state index < -0.39 is 0 Å². The van der Waals surface area contributed by atoms with Crippen LogP contribution in [0.3, 0.4) is 0 Å². The summed E-state index contributed by atoms with van der Waals surface area (Å²) in [6.45, 7) is 21.5. The van der Waals surface area contributed by atoms with Gasteiger partial charge in [-0.15, -0.1) is 0 Å². The maximum Gasteiger partial charge on any atom is 0.130 e. The van der Waals surface area contributed by atoms with Gasteiger partial charge < -0.3 is 28.7 Å². The van der Waals surface area contributed by atoms with E-state index in [0.29, 0.717) is 36.0 Å². The van der Waals surface area contributed by atoms with Crippen molar-refractivity contribution in [2.45, 2.75) is 98.8 Å². The SMILES string of the molecule is CC(C)C1[C@H](C)N(c2cc(-c3ccc(N4C(C(C)C)[C@H](C)N(c5cccn5C)C4C(C)(C)C)cc3)cn2C)C(c2ccccc2)N1c1ccccc1. The van der Waals surface area contributed by atoms with Crippen LogP contribution in [-0.2, 0) is 14.1 Å². The van der Waals surface area contributed by atoms with Crippen molar-refractivity contribution >= 4 is 23.0 Å². The summed E-state index contributed by atoms with van der Waals surface area (Å²) in [7, 11) is 4.38. The van der Waals surface area contributed by atoms with Crippen LogP contribution in [0.25, 0.3) is 11.1 Å². The lowest BCUT2D eigenvalue weighted by molar-refractivity contribution is 0.311. The summed E-state index contributed by atoms with van der Waals surface area (Å²) in [5, 5.41) is 0. The van der Waals surface area contributed by atoms with E-state index >= 15 is 0 Å². The molecule has 2 aliphatic heterocycles. The van der Waals surface area contributed by atoms with Gasteiger partial charge in [-0.05, 0) is 79.3 Å². The number of aromatic nitrogens is 2. The fourth-order valence-corrected chi connectivity index (χ4v) is 9.78. The highest BCUT2D eigenvalue weighted by atomic mass is 15.5.